The normalized spacial score (nSPS) is 10.6. The molecule has 0 atom stereocenters. The van der Waals surface area contributed by atoms with Crippen molar-refractivity contribution in [2.75, 3.05) is 11.1 Å². The summed E-state index contributed by atoms with van der Waals surface area (Å²) in [6, 6.07) is 25.3. The summed E-state index contributed by atoms with van der Waals surface area (Å²) < 4.78 is 0. The Morgan fingerprint density at radius 1 is 1.03 bits per heavy atom. The van der Waals surface area contributed by atoms with Gasteiger partial charge in [0.25, 0.3) is 0 Å². The van der Waals surface area contributed by atoms with E-state index in [1.165, 1.54) is 11.8 Å². The number of para-hydroxylation sites is 1. The summed E-state index contributed by atoms with van der Waals surface area (Å²) in [4.78, 5) is 21.7. The van der Waals surface area contributed by atoms with Crippen molar-refractivity contribution in [3.63, 3.8) is 0 Å². The maximum atomic E-state index is 12.6. The van der Waals surface area contributed by atoms with E-state index in [0.29, 0.717) is 22.8 Å². The van der Waals surface area contributed by atoms with Crippen LogP contribution in [0.4, 0.5) is 5.69 Å². The molecule has 0 bridgehead atoms. The smallest absolute Gasteiger partial charge is 0.225 e. The first kappa shape index (κ1) is 20.6. The molecule has 31 heavy (non-hydrogen) atoms. The molecule has 2 aromatic heterocycles. The van der Waals surface area contributed by atoms with Gasteiger partial charge in [0.05, 0.1) is 22.5 Å². The minimum Gasteiger partial charge on any atom is -0.325 e. The number of nitriles is 1. The molecule has 152 valence electrons. The number of carbonyl (C=O) groups excluding carboxylic acids is 1. The molecule has 0 saturated heterocycles. The lowest BCUT2D eigenvalue weighted by molar-refractivity contribution is -0.115. The van der Waals surface area contributed by atoms with Gasteiger partial charge in [0, 0.05) is 28.8 Å². The molecule has 0 saturated carbocycles. The summed E-state index contributed by atoms with van der Waals surface area (Å²) in [5, 5.41) is 14.0. The highest BCUT2D eigenvalue weighted by atomic mass is 32.2. The highest BCUT2D eigenvalue weighted by Crippen LogP contribution is 2.26. The fourth-order valence-corrected chi connectivity index (χ4v) is 4.18. The number of hydrogen-bond acceptors (Lipinski definition) is 5. The Labute approximate surface area is 185 Å². The van der Waals surface area contributed by atoms with E-state index in [1.807, 2.05) is 73.7 Å². The van der Waals surface area contributed by atoms with Crippen molar-refractivity contribution >= 4 is 34.3 Å². The van der Waals surface area contributed by atoms with Crippen LogP contribution in [0.1, 0.15) is 17.7 Å². The highest BCUT2D eigenvalue weighted by Gasteiger charge is 2.11. The van der Waals surface area contributed by atoms with E-state index in [0.717, 1.165) is 33.5 Å². The maximum Gasteiger partial charge on any atom is 0.225 e. The topological polar surface area (TPSA) is 78.7 Å². The minimum absolute atomic E-state index is 0.0824. The number of nitrogens with zero attached hydrogens (tertiary/aromatic N) is 3. The minimum atomic E-state index is -0.0824. The monoisotopic (exact) mass is 424 g/mol. The molecule has 0 unspecified atom stereocenters. The number of aryl methyl sites for hydroxylation is 1. The predicted molar refractivity (Wildman–Crippen MR) is 125 cm³/mol. The summed E-state index contributed by atoms with van der Waals surface area (Å²) in [5.74, 6) is 0.439. The molecule has 0 aliphatic heterocycles. The average molecular weight is 425 g/mol. The second-order valence-corrected chi connectivity index (χ2v) is 8.09. The van der Waals surface area contributed by atoms with Gasteiger partial charge < -0.3 is 5.32 Å². The molecular formula is C25H20N4OS. The van der Waals surface area contributed by atoms with Crippen LogP contribution in [0.25, 0.3) is 22.2 Å². The summed E-state index contributed by atoms with van der Waals surface area (Å²) in [7, 11) is 0. The number of anilines is 1. The number of aromatic nitrogens is 2. The van der Waals surface area contributed by atoms with Crippen molar-refractivity contribution in [3.05, 3.63) is 84.1 Å². The first-order valence-electron chi connectivity index (χ1n) is 9.89. The lowest BCUT2D eigenvalue weighted by atomic mass is 10.1. The van der Waals surface area contributed by atoms with Gasteiger partial charge >= 0.3 is 0 Å². The van der Waals surface area contributed by atoms with E-state index < -0.39 is 0 Å². The Morgan fingerprint density at radius 2 is 1.81 bits per heavy atom. The molecule has 5 nitrogen and oxygen atoms in total. The number of carbonyl (C=O) groups is 1. The van der Waals surface area contributed by atoms with Gasteiger partial charge in [0.15, 0.2) is 0 Å². The first-order valence-corrected chi connectivity index (χ1v) is 10.9. The summed E-state index contributed by atoms with van der Waals surface area (Å²) >= 11 is 1.42. The van der Waals surface area contributed by atoms with E-state index in [1.54, 1.807) is 6.07 Å². The lowest BCUT2D eigenvalue weighted by Crippen LogP contribution is -2.13. The van der Waals surface area contributed by atoms with Crippen LogP contribution in [-0.4, -0.2) is 21.6 Å². The molecule has 0 aliphatic carbocycles. The fraction of sp³-hybridized carbons (Fsp3) is 0.120. The third-order valence-corrected chi connectivity index (χ3v) is 5.73. The molecule has 4 rings (SSSR count). The van der Waals surface area contributed by atoms with Gasteiger partial charge in [-0.15, -0.1) is 11.8 Å². The van der Waals surface area contributed by atoms with Gasteiger partial charge in [-0.2, -0.15) is 5.26 Å². The Kier molecular flexibility index (Phi) is 6.25. The first-order chi connectivity index (χ1) is 15.1. The molecule has 1 N–H and O–H groups in total. The molecule has 6 heteroatoms. The van der Waals surface area contributed by atoms with Gasteiger partial charge in [-0.05, 0) is 31.2 Å². The Morgan fingerprint density at radius 3 is 2.61 bits per heavy atom. The molecule has 0 spiro atoms. The van der Waals surface area contributed by atoms with Gasteiger partial charge in [-0.3, -0.25) is 9.78 Å². The number of hydrogen-bond donors (Lipinski definition) is 1. The average Bonchev–Trinajstić information content (AvgIpc) is 2.79. The van der Waals surface area contributed by atoms with E-state index >= 15 is 0 Å². The van der Waals surface area contributed by atoms with Crippen molar-refractivity contribution in [2.45, 2.75) is 18.4 Å². The van der Waals surface area contributed by atoms with Crippen molar-refractivity contribution in [1.29, 1.82) is 5.26 Å². The SMILES string of the molecule is Cc1cc(NC(=O)CCSc2nc(-c3ccccc3)ccc2C#N)c2ccccc2n1. The van der Waals surface area contributed by atoms with Crippen molar-refractivity contribution < 1.29 is 4.79 Å². The fourth-order valence-electron chi connectivity index (χ4n) is 3.27. The third kappa shape index (κ3) is 4.90. The summed E-state index contributed by atoms with van der Waals surface area (Å²) in [5.41, 5.74) is 4.79. The van der Waals surface area contributed by atoms with Gasteiger partial charge in [-0.25, -0.2) is 4.98 Å². The van der Waals surface area contributed by atoms with Crippen LogP contribution >= 0.6 is 11.8 Å². The molecule has 1 amide bonds. The van der Waals surface area contributed by atoms with Crippen LogP contribution in [0.15, 0.2) is 77.8 Å². The maximum absolute atomic E-state index is 12.6. The van der Waals surface area contributed by atoms with Crippen LogP contribution in [0.5, 0.6) is 0 Å². The van der Waals surface area contributed by atoms with Crippen molar-refractivity contribution in [1.82, 2.24) is 9.97 Å². The highest BCUT2D eigenvalue weighted by molar-refractivity contribution is 7.99. The van der Waals surface area contributed by atoms with E-state index in [2.05, 4.69) is 21.4 Å². The molecule has 0 aliphatic rings. The van der Waals surface area contributed by atoms with Crippen LogP contribution < -0.4 is 5.32 Å². The van der Waals surface area contributed by atoms with Crippen molar-refractivity contribution in [3.8, 4) is 17.3 Å². The Balaban J connectivity index is 1.44. The molecule has 4 aromatic rings. The molecule has 0 radical (unpaired) electrons. The van der Waals surface area contributed by atoms with E-state index in [4.69, 9.17) is 0 Å². The van der Waals surface area contributed by atoms with Crippen LogP contribution in [0, 0.1) is 18.3 Å². The van der Waals surface area contributed by atoms with E-state index in [-0.39, 0.29) is 5.91 Å². The number of thioether (sulfide) groups is 1. The summed E-state index contributed by atoms with van der Waals surface area (Å²) in [6.07, 6.45) is 0.308. The van der Waals surface area contributed by atoms with Crippen LogP contribution in [0.3, 0.4) is 0 Å². The van der Waals surface area contributed by atoms with Crippen molar-refractivity contribution in [2.24, 2.45) is 0 Å². The number of benzene rings is 2. The van der Waals surface area contributed by atoms with Crippen LogP contribution in [-0.2, 0) is 4.79 Å². The number of fused-ring (bicyclic) bond motifs is 1. The van der Waals surface area contributed by atoms with Gasteiger partial charge in [0.2, 0.25) is 5.91 Å². The summed E-state index contributed by atoms with van der Waals surface area (Å²) in [6.45, 7) is 1.91. The Hall–Kier alpha value is -3.69. The quantitative estimate of drug-likeness (QED) is 0.408. The Bertz CT molecular complexity index is 1280. The predicted octanol–water partition coefficient (Wildman–Crippen LogP) is 5.60. The van der Waals surface area contributed by atoms with Gasteiger partial charge in [-0.1, -0.05) is 48.5 Å². The third-order valence-electron chi connectivity index (χ3n) is 4.74. The number of pyridine rings is 2. The lowest BCUT2D eigenvalue weighted by Gasteiger charge is -2.10. The van der Waals surface area contributed by atoms with E-state index in [9.17, 15) is 10.1 Å². The number of amides is 1. The number of rotatable bonds is 6. The largest absolute Gasteiger partial charge is 0.325 e. The molecule has 0 fully saturated rings. The number of nitrogens with one attached hydrogen (secondary N) is 1. The zero-order chi connectivity index (χ0) is 21.6. The molecule has 2 heterocycles. The zero-order valence-corrected chi connectivity index (χ0v) is 17.8. The van der Waals surface area contributed by atoms with Gasteiger partial charge in [0.1, 0.15) is 11.1 Å². The second-order valence-electron chi connectivity index (χ2n) is 7.00. The second kappa shape index (κ2) is 9.41. The van der Waals surface area contributed by atoms with Crippen LogP contribution in [0.2, 0.25) is 0 Å². The standard InChI is InChI=1S/C25H20N4OS/c1-17-15-23(20-9-5-6-10-22(20)27-17)28-24(30)13-14-31-25-19(16-26)11-12-21(29-25)18-7-3-2-4-8-18/h2-12,15H,13-14H2,1H3,(H,27,28,30). The zero-order valence-electron chi connectivity index (χ0n) is 17.0. The molecular weight excluding hydrogens is 404 g/mol. The molecule has 2 aromatic carbocycles.